The van der Waals surface area contributed by atoms with Crippen LogP contribution in [0.2, 0.25) is 0 Å². The Morgan fingerprint density at radius 1 is 1.13 bits per heavy atom. The second-order valence-electron chi connectivity index (χ2n) is 7.65. The second kappa shape index (κ2) is 8.49. The molecular weight excluding hydrogens is 400 g/mol. The molecule has 1 fully saturated rings. The van der Waals surface area contributed by atoms with Crippen LogP contribution in [0.4, 0.5) is 5.69 Å². The van der Waals surface area contributed by atoms with Crippen molar-refractivity contribution < 1.29 is 29.0 Å². The molecule has 1 N–H and O–H groups in total. The number of nitrogens with zero attached hydrogens (tertiary/aromatic N) is 2. The molecular formula is C23H24N2O6. The van der Waals surface area contributed by atoms with Gasteiger partial charge >= 0.3 is 0 Å². The molecule has 0 aliphatic carbocycles. The number of para-hydroxylation sites is 1. The van der Waals surface area contributed by atoms with Gasteiger partial charge in [-0.15, -0.1) is 0 Å². The van der Waals surface area contributed by atoms with Crippen LogP contribution in [0.25, 0.3) is 0 Å². The molecule has 0 aromatic heterocycles. The van der Waals surface area contributed by atoms with Crippen LogP contribution < -0.4 is 9.64 Å². The summed E-state index contributed by atoms with van der Waals surface area (Å²) >= 11 is 0. The smallest absolute Gasteiger partial charge is 0.263 e. The molecule has 2 aromatic rings. The van der Waals surface area contributed by atoms with Crippen LogP contribution in [-0.4, -0.2) is 67.6 Å². The molecule has 2 aromatic carbocycles. The fourth-order valence-electron chi connectivity index (χ4n) is 3.93. The summed E-state index contributed by atoms with van der Waals surface area (Å²) in [5.41, 5.74) is -0.614. The number of aliphatic hydroxyl groups is 1. The number of fused-ring (bicyclic) bond motifs is 1. The minimum Gasteiger partial charge on any atom is -0.484 e. The Labute approximate surface area is 180 Å². The minimum absolute atomic E-state index is 0.141. The largest absolute Gasteiger partial charge is 0.484 e. The predicted molar refractivity (Wildman–Crippen MR) is 112 cm³/mol. The van der Waals surface area contributed by atoms with Crippen LogP contribution in [-0.2, 0) is 19.9 Å². The maximum Gasteiger partial charge on any atom is 0.263 e. The van der Waals surface area contributed by atoms with E-state index in [2.05, 4.69) is 0 Å². The van der Waals surface area contributed by atoms with Crippen molar-refractivity contribution in [1.82, 2.24) is 4.90 Å². The van der Waals surface area contributed by atoms with E-state index in [-0.39, 0.29) is 18.9 Å². The first kappa shape index (κ1) is 21.0. The summed E-state index contributed by atoms with van der Waals surface area (Å²) in [4.78, 5) is 40.9. The zero-order valence-electron chi connectivity index (χ0n) is 17.2. The molecule has 162 valence electrons. The van der Waals surface area contributed by atoms with Gasteiger partial charge in [0.1, 0.15) is 5.75 Å². The molecule has 0 bridgehead atoms. The van der Waals surface area contributed by atoms with E-state index in [0.29, 0.717) is 48.9 Å². The van der Waals surface area contributed by atoms with Crippen molar-refractivity contribution in [2.24, 2.45) is 0 Å². The van der Waals surface area contributed by atoms with Gasteiger partial charge in [-0.1, -0.05) is 30.3 Å². The molecule has 2 aliphatic rings. The van der Waals surface area contributed by atoms with E-state index in [1.165, 1.54) is 11.0 Å². The summed E-state index contributed by atoms with van der Waals surface area (Å²) in [6.45, 7) is 1.94. The highest BCUT2D eigenvalue weighted by molar-refractivity contribution is 6.10. The molecule has 2 heterocycles. The van der Waals surface area contributed by atoms with Gasteiger partial charge in [-0.3, -0.25) is 14.4 Å². The molecule has 0 unspecified atom stereocenters. The highest BCUT2D eigenvalue weighted by Gasteiger charge is 2.49. The van der Waals surface area contributed by atoms with Gasteiger partial charge in [-0.2, -0.15) is 0 Å². The lowest BCUT2D eigenvalue weighted by molar-refractivity contribution is -0.137. The van der Waals surface area contributed by atoms with E-state index in [9.17, 15) is 19.5 Å². The van der Waals surface area contributed by atoms with E-state index in [1.54, 1.807) is 54.4 Å². The summed E-state index contributed by atoms with van der Waals surface area (Å²) in [7, 11) is 1.57. The van der Waals surface area contributed by atoms with Crippen LogP contribution in [0, 0.1) is 0 Å². The van der Waals surface area contributed by atoms with Crippen LogP contribution in [0.3, 0.4) is 0 Å². The first-order valence-electron chi connectivity index (χ1n) is 10.1. The molecule has 1 atom stereocenters. The van der Waals surface area contributed by atoms with Gasteiger partial charge in [-0.25, -0.2) is 0 Å². The van der Waals surface area contributed by atoms with Crippen molar-refractivity contribution in [3.05, 3.63) is 59.7 Å². The number of hydrogen-bond donors (Lipinski definition) is 1. The van der Waals surface area contributed by atoms with Gasteiger partial charge in [0.15, 0.2) is 18.0 Å². The third-order valence-corrected chi connectivity index (χ3v) is 5.67. The number of amides is 2. The van der Waals surface area contributed by atoms with E-state index < -0.39 is 17.3 Å². The lowest BCUT2D eigenvalue weighted by Crippen LogP contribution is -2.43. The van der Waals surface area contributed by atoms with E-state index >= 15 is 0 Å². The number of morpholine rings is 1. The molecule has 4 rings (SSSR count). The highest BCUT2D eigenvalue weighted by atomic mass is 16.5. The van der Waals surface area contributed by atoms with Gasteiger partial charge in [0, 0.05) is 31.3 Å². The van der Waals surface area contributed by atoms with Gasteiger partial charge in [0.05, 0.1) is 25.3 Å². The molecule has 8 heteroatoms. The SMILES string of the molecule is CN1C(=O)[C@@](O)(CC(=O)c2cccc(OCC(=O)N3CCOCC3)c2)c2ccccc21. The Balaban J connectivity index is 1.45. The van der Waals surface area contributed by atoms with Crippen LogP contribution >= 0.6 is 0 Å². The van der Waals surface area contributed by atoms with E-state index in [0.717, 1.165) is 0 Å². The Morgan fingerprint density at radius 3 is 2.65 bits per heavy atom. The lowest BCUT2D eigenvalue weighted by atomic mass is 9.88. The highest BCUT2D eigenvalue weighted by Crippen LogP contribution is 2.42. The number of carbonyl (C=O) groups excluding carboxylic acids is 3. The van der Waals surface area contributed by atoms with Crippen molar-refractivity contribution in [3.8, 4) is 5.75 Å². The fraction of sp³-hybridized carbons (Fsp3) is 0.348. The maximum absolute atomic E-state index is 12.9. The van der Waals surface area contributed by atoms with Crippen molar-refractivity contribution in [1.29, 1.82) is 0 Å². The lowest BCUT2D eigenvalue weighted by Gasteiger charge is -2.26. The third kappa shape index (κ3) is 4.04. The summed E-state index contributed by atoms with van der Waals surface area (Å²) in [6, 6.07) is 13.3. The van der Waals surface area contributed by atoms with Gasteiger partial charge in [0.2, 0.25) is 0 Å². The molecule has 2 aliphatic heterocycles. The number of ether oxygens (including phenoxy) is 2. The Morgan fingerprint density at radius 2 is 1.87 bits per heavy atom. The quantitative estimate of drug-likeness (QED) is 0.704. The number of Topliss-reactive ketones (excluding diaryl/α,β-unsaturated/α-hetero) is 1. The number of likely N-dealkylation sites (N-methyl/N-ethyl adjacent to an activating group) is 1. The normalized spacial score (nSPS) is 20.5. The van der Waals surface area contributed by atoms with Crippen LogP contribution in [0.5, 0.6) is 5.75 Å². The van der Waals surface area contributed by atoms with Crippen molar-refractivity contribution in [3.63, 3.8) is 0 Å². The van der Waals surface area contributed by atoms with Crippen molar-refractivity contribution in [2.45, 2.75) is 12.0 Å². The summed E-state index contributed by atoms with van der Waals surface area (Å²) in [5, 5.41) is 11.1. The number of carbonyl (C=O) groups is 3. The van der Waals surface area contributed by atoms with Crippen molar-refractivity contribution in [2.75, 3.05) is 44.9 Å². The van der Waals surface area contributed by atoms with E-state index in [4.69, 9.17) is 9.47 Å². The first-order valence-corrected chi connectivity index (χ1v) is 10.1. The molecule has 0 radical (unpaired) electrons. The molecule has 1 saturated heterocycles. The first-order chi connectivity index (χ1) is 14.9. The summed E-state index contributed by atoms with van der Waals surface area (Å²) in [5.74, 6) is -0.711. The molecule has 0 saturated carbocycles. The minimum atomic E-state index is -1.91. The standard InChI is InChI=1S/C23H24N2O6/c1-24-19-8-3-2-7-18(19)23(29,22(24)28)14-20(26)16-5-4-6-17(13-16)31-15-21(27)25-9-11-30-12-10-25/h2-8,13,29H,9-12,14-15H2,1H3/t23-/m1/s1. The second-order valence-corrected chi connectivity index (χ2v) is 7.65. The van der Waals surface area contributed by atoms with Gasteiger partial charge in [0.25, 0.3) is 11.8 Å². The van der Waals surface area contributed by atoms with Crippen LogP contribution in [0.1, 0.15) is 22.3 Å². The average Bonchev–Trinajstić information content (AvgIpc) is 2.99. The Bertz CT molecular complexity index is 1020. The molecule has 2 amide bonds. The topological polar surface area (TPSA) is 96.4 Å². The number of ketones is 1. The average molecular weight is 424 g/mol. The molecule has 0 spiro atoms. The Kier molecular flexibility index (Phi) is 5.75. The fourth-order valence-corrected chi connectivity index (χ4v) is 3.93. The predicted octanol–water partition coefficient (Wildman–Crippen LogP) is 1.36. The number of anilines is 1. The number of hydrogen-bond acceptors (Lipinski definition) is 6. The zero-order valence-corrected chi connectivity index (χ0v) is 17.2. The van der Waals surface area contributed by atoms with Gasteiger partial charge < -0.3 is 24.4 Å². The molecule has 8 nitrogen and oxygen atoms in total. The number of rotatable bonds is 6. The maximum atomic E-state index is 12.9. The Hall–Kier alpha value is -3.23. The monoisotopic (exact) mass is 424 g/mol. The summed E-state index contributed by atoms with van der Waals surface area (Å²) < 4.78 is 10.8. The van der Waals surface area contributed by atoms with E-state index in [1.807, 2.05) is 0 Å². The summed E-state index contributed by atoms with van der Waals surface area (Å²) in [6.07, 6.45) is -0.386. The van der Waals surface area contributed by atoms with Gasteiger partial charge in [-0.05, 0) is 18.2 Å². The molecule has 31 heavy (non-hydrogen) atoms. The zero-order chi connectivity index (χ0) is 22.0. The van der Waals surface area contributed by atoms with Crippen LogP contribution in [0.15, 0.2) is 48.5 Å². The third-order valence-electron chi connectivity index (χ3n) is 5.67. The van der Waals surface area contributed by atoms with Crippen molar-refractivity contribution >= 4 is 23.3 Å². The number of benzene rings is 2.